The van der Waals surface area contributed by atoms with Gasteiger partial charge in [0.05, 0.1) is 10.7 Å². The Hall–Kier alpha value is -1.73. The lowest BCUT2D eigenvalue weighted by atomic mass is 10.3. The van der Waals surface area contributed by atoms with Crippen molar-refractivity contribution in [2.75, 3.05) is 0 Å². The van der Waals surface area contributed by atoms with E-state index in [1.807, 2.05) is 0 Å². The minimum atomic E-state index is -0.374. The van der Waals surface area contributed by atoms with Gasteiger partial charge in [0.25, 0.3) is 0 Å². The highest BCUT2D eigenvalue weighted by molar-refractivity contribution is 9.10. The molecule has 0 amide bonds. The monoisotopic (exact) mass is 342 g/mol. The van der Waals surface area contributed by atoms with E-state index in [4.69, 9.17) is 16.3 Å². The topological polar surface area (TPSA) is 63.7 Å². The maximum atomic E-state index is 13.1. The third-order valence-corrected chi connectivity index (χ3v) is 3.13. The van der Waals surface area contributed by atoms with E-state index in [0.717, 1.165) is 0 Å². The molecule has 0 bridgehead atoms. The van der Waals surface area contributed by atoms with E-state index in [1.165, 1.54) is 24.4 Å². The Labute approximate surface area is 119 Å². The number of H-pyrrole nitrogens is 1. The van der Waals surface area contributed by atoms with Crippen LogP contribution in [0.2, 0.25) is 5.28 Å². The van der Waals surface area contributed by atoms with Crippen LogP contribution in [0.3, 0.4) is 0 Å². The van der Waals surface area contributed by atoms with Crippen LogP contribution >= 0.6 is 27.5 Å². The summed E-state index contributed by atoms with van der Waals surface area (Å²) in [6, 6.07) is 4.27. The molecule has 0 spiro atoms. The zero-order valence-corrected chi connectivity index (χ0v) is 11.5. The van der Waals surface area contributed by atoms with Gasteiger partial charge in [-0.05, 0) is 45.7 Å². The fourth-order valence-corrected chi connectivity index (χ4v) is 2.03. The Morgan fingerprint density at radius 1 is 1.32 bits per heavy atom. The van der Waals surface area contributed by atoms with Crippen LogP contribution in [-0.4, -0.2) is 20.2 Å². The van der Waals surface area contributed by atoms with Gasteiger partial charge in [0.2, 0.25) is 11.2 Å². The number of ether oxygens (including phenoxy) is 1. The first-order valence-corrected chi connectivity index (χ1v) is 6.30. The second kappa shape index (κ2) is 4.75. The Kier molecular flexibility index (Phi) is 3.08. The fraction of sp³-hybridized carbons (Fsp3) is 0. The summed E-state index contributed by atoms with van der Waals surface area (Å²) >= 11 is 8.87. The number of hydrogen-bond donors (Lipinski definition) is 1. The third-order valence-electron chi connectivity index (χ3n) is 2.35. The molecule has 3 rings (SSSR count). The largest absolute Gasteiger partial charge is 0.438 e. The first-order chi connectivity index (χ1) is 9.13. The molecule has 0 radical (unpaired) electrons. The van der Waals surface area contributed by atoms with Crippen molar-refractivity contribution >= 4 is 38.6 Å². The molecule has 19 heavy (non-hydrogen) atoms. The maximum absolute atomic E-state index is 13.1. The Morgan fingerprint density at radius 3 is 2.95 bits per heavy atom. The second-order valence-corrected chi connectivity index (χ2v) is 4.80. The van der Waals surface area contributed by atoms with Crippen LogP contribution in [0.5, 0.6) is 11.6 Å². The van der Waals surface area contributed by atoms with Crippen LogP contribution in [-0.2, 0) is 0 Å². The van der Waals surface area contributed by atoms with Crippen LogP contribution in [0, 0.1) is 5.82 Å². The number of aromatic amines is 1. The van der Waals surface area contributed by atoms with Crippen LogP contribution in [0.15, 0.2) is 28.9 Å². The molecule has 1 aromatic carbocycles. The highest BCUT2D eigenvalue weighted by atomic mass is 79.9. The Morgan fingerprint density at radius 2 is 2.16 bits per heavy atom. The lowest BCUT2D eigenvalue weighted by Crippen LogP contribution is -1.92. The molecule has 5 nitrogen and oxygen atoms in total. The van der Waals surface area contributed by atoms with Gasteiger partial charge in [-0.2, -0.15) is 15.1 Å². The van der Waals surface area contributed by atoms with Gasteiger partial charge in [-0.3, -0.25) is 5.10 Å². The molecule has 2 heterocycles. The molecule has 0 aliphatic heterocycles. The number of halogens is 3. The minimum Gasteiger partial charge on any atom is -0.438 e. The second-order valence-electron chi connectivity index (χ2n) is 3.61. The summed E-state index contributed by atoms with van der Waals surface area (Å²) < 4.78 is 19.0. The summed E-state index contributed by atoms with van der Waals surface area (Å²) in [5, 5.41) is 7.14. The molecule has 0 unspecified atom stereocenters. The number of rotatable bonds is 2. The molecule has 1 N–H and O–H groups in total. The third kappa shape index (κ3) is 2.39. The number of aromatic nitrogens is 4. The quantitative estimate of drug-likeness (QED) is 0.721. The van der Waals surface area contributed by atoms with E-state index in [9.17, 15) is 4.39 Å². The van der Waals surface area contributed by atoms with Gasteiger partial charge in [0, 0.05) is 0 Å². The van der Waals surface area contributed by atoms with Gasteiger partial charge in [0.1, 0.15) is 17.0 Å². The average molecular weight is 344 g/mol. The standard InChI is InChI=1S/C11H5BrClFN4O/c12-7-3-5(1-2-8(7)14)19-10-6-4-15-18-9(6)16-11(13)17-10/h1-4H,(H,15,16,17,18). The maximum Gasteiger partial charge on any atom is 0.234 e. The summed E-state index contributed by atoms with van der Waals surface area (Å²) in [4.78, 5) is 7.94. The number of nitrogens with zero attached hydrogens (tertiary/aromatic N) is 3. The van der Waals surface area contributed by atoms with Crippen LogP contribution in [0.1, 0.15) is 0 Å². The lowest BCUT2D eigenvalue weighted by molar-refractivity contribution is 0.466. The van der Waals surface area contributed by atoms with Crippen molar-refractivity contribution in [2.24, 2.45) is 0 Å². The smallest absolute Gasteiger partial charge is 0.234 e. The fourth-order valence-electron chi connectivity index (χ4n) is 1.51. The van der Waals surface area contributed by atoms with Gasteiger partial charge >= 0.3 is 0 Å². The summed E-state index contributed by atoms with van der Waals surface area (Å²) in [7, 11) is 0. The zero-order valence-electron chi connectivity index (χ0n) is 9.19. The number of nitrogens with one attached hydrogen (secondary N) is 1. The van der Waals surface area contributed by atoms with Crippen molar-refractivity contribution in [1.29, 1.82) is 0 Å². The van der Waals surface area contributed by atoms with E-state index >= 15 is 0 Å². The molecule has 2 aromatic heterocycles. The van der Waals surface area contributed by atoms with Crippen molar-refractivity contribution in [3.05, 3.63) is 40.0 Å². The molecular weight excluding hydrogens is 339 g/mol. The molecule has 0 saturated carbocycles. The van der Waals surface area contributed by atoms with E-state index in [-0.39, 0.29) is 17.0 Å². The van der Waals surface area contributed by atoms with Crippen LogP contribution < -0.4 is 4.74 Å². The number of benzene rings is 1. The van der Waals surface area contributed by atoms with Crippen molar-refractivity contribution in [1.82, 2.24) is 20.2 Å². The first-order valence-electron chi connectivity index (χ1n) is 5.13. The molecule has 0 atom stereocenters. The molecule has 0 aliphatic rings. The summed E-state index contributed by atoms with van der Waals surface area (Å²) in [5.41, 5.74) is 0.469. The highest BCUT2D eigenvalue weighted by Crippen LogP contribution is 2.29. The Balaban J connectivity index is 2.04. The zero-order chi connectivity index (χ0) is 13.4. The molecular formula is C11H5BrClFN4O. The van der Waals surface area contributed by atoms with Crippen molar-refractivity contribution < 1.29 is 9.13 Å². The highest BCUT2D eigenvalue weighted by Gasteiger charge is 2.11. The van der Waals surface area contributed by atoms with Gasteiger partial charge in [-0.25, -0.2) is 4.39 Å². The molecule has 96 valence electrons. The number of fused-ring (bicyclic) bond motifs is 1. The van der Waals surface area contributed by atoms with Gasteiger partial charge < -0.3 is 4.74 Å². The summed E-state index contributed by atoms with van der Waals surface area (Å²) in [6.07, 6.45) is 1.53. The SMILES string of the molecule is Fc1ccc(Oc2nc(Cl)nc3[nH]ncc23)cc1Br. The molecule has 0 aliphatic carbocycles. The van der Waals surface area contributed by atoms with Gasteiger partial charge in [-0.1, -0.05) is 0 Å². The lowest BCUT2D eigenvalue weighted by Gasteiger charge is -2.06. The summed E-state index contributed by atoms with van der Waals surface area (Å²) in [5.74, 6) is 0.300. The van der Waals surface area contributed by atoms with Gasteiger partial charge in [0.15, 0.2) is 5.65 Å². The van der Waals surface area contributed by atoms with Crippen molar-refractivity contribution in [3.8, 4) is 11.6 Å². The minimum absolute atomic E-state index is 0.0351. The van der Waals surface area contributed by atoms with E-state index in [2.05, 4.69) is 36.1 Å². The predicted molar refractivity (Wildman–Crippen MR) is 70.9 cm³/mol. The molecule has 0 fully saturated rings. The number of hydrogen-bond acceptors (Lipinski definition) is 4. The van der Waals surface area contributed by atoms with Gasteiger partial charge in [-0.15, -0.1) is 0 Å². The van der Waals surface area contributed by atoms with E-state index in [1.54, 1.807) is 0 Å². The van der Waals surface area contributed by atoms with Crippen LogP contribution in [0.4, 0.5) is 4.39 Å². The first kappa shape index (κ1) is 12.3. The molecule has 8 heteroatoms. The van der Waals surface area contributed by atoms with Crippen LogP contribution in [0.25, 0.3) is 11.0 Å². The Bertz CT molecular complexity index is 764. The predicted octanol–water partition coefficient (Wildman–Crippen LogP) is 3.70. The van der Waals surface area contributed by atoms with Crippen molar-refractivity contribution in [2.45, 2.75) is 0 Å². The average Bonchev–Trinajstić information content (AvgIpc) is 2.82. The molecule has 3 aromatic rings. The van der Waals surface area contributed by atoms with Crippen molar-refractivity contribution in [3.63, 3.8) is 0 Å². The van der Waals surface area contributed by atoms with E-state index in [0.29, 0.717) is 21.3 Å². The van der Waals surface area contributed by atoms with E-state index < -0.39 is 0 Å². The summed E-state index contributed by atoms with van der Waals surface area (Å²) in [6.45, 7) is 0. The molecule has 0 saturated heterocycles. The normalized spacial score (nSPS) is 10.9.